The number of ether oxygens (including phenoxy) is 1. The van der Waals surface area contributed by atoms with Gasteiger partial charge in [-0.2, -0.15) is 4.98 Å². The molecule has 4 rings (SSSR count). The van der Waals surface area contributed by atoms with Gasteiger partial charge in [-0.15, -0.1) is 0 Å². The molecule has 3 aromatic rings. The zero-order valence-corrected chi connectivity index (χ0v) is 15.8. The van der Waals surface area contributed by atoms with Gasteiger partial charge in [0.05, 0.1) is 10.7 Å². The molecule has 148 valence electrons. The Hall–Kier alpha value is -2.25. The fourth-order valence-electron chi connectivity index (χ4n) is 3.48. The fraction of sp³-hybridized carbons (Fsp3) is 0.400. The lowest BCUT2D eigenvalue weighted by Gasteiger charge is -2.21. The highest BCUT2D eigenvalue weighted by molar-refractivity contribution is 6.33. The third-order valence-corrected chi connectivity index (χ3v) is 5.29. The number of nitrogens with zero attached hydrogens (tertiary/aromatic N) is 2. The number of pyridine rings is 1. The highest BCUT2D eigenvalue weighted by Crippen LogP contribution is 2.31. The van der Waals surface area contributed by atoms with Gasteiger partial charge in [-0.1, -0.05) is 42.3 Å². The number of aromatic amines is 1. The predicted octanol–water partition coefficient (Wildman–Crippen LogP) is 5.29. The van der Waals surface area contributed by atoms with Gasteiger partial charge in [-0.05, 0) is 37.3 Å². The molecular formula is C20H20ClF2N3O2. The molecule has 2 heterocycles. The second kappa shape index (κ2) is 8.01. The largest absolute Gasteiger partial charge is 0.461 e. The number of H-pyrrole nitrogens is 1. The van der Waals surface area contributed by atoms with Crippen LogP contribution in [0, 0.1) is 0 Å². The lowest BCUT2D eigenvalue weighted by molar-refractivity contribution is -0.00577. The maximum atomic E-state index is 12.6. The van der Waals surface area contributed by atoms with Gasteiger partial charge < -0.3 is 9.84 Å². The number of hydrogen-bond donors (Lipinski definition) is 2. The summed E-state index contributed by atoms with van der Waals surface area (Å²) < 4.78 is 31.2. The van der Waals surface area contributed by atoms with Crippen LogP contribution in [0.2, 0.25) is 5.02 Å². The van der Waals surface area contributed by atoms with E-state index in [1.807, 2.05) is 0 Å². The Balaban J connectivity index is 1.59. The summed E-state index contributed by atoms with van der Waals surface area (Å²) >= 11 is 6.37. The number of hydrogen-bond acceptors (Lipinski definition) is 4. The Morgan fingerprint density at radius 1 is 1.11 bits per heavy atom. The van der Waals surface area contributed by atoms with Crippen LogP contribution >= 0.6 is 11.6 Å². The minimum Gasteiger partial charge on any atom is -0.461 e. The third-order valence-electron chi connectivity index (χ3n) is 5.00. The van der Waals surface area contributed by atoms with Crippen LogP contribution in [0.15, 0.2) is 30.3 Å². The third kappa shape index (κ3) is 3.95. The van der Waals surface area contributed by atoms with Crippen LogP contribution in [0.5, 0.6) is 6.01 Å². The summed E-state index contributed by atoms with van der Waals surface area (Å²) in [6, 6.07) is 8.23. The number of benzene rings is 1. The van der Waals surface area contributed by atoms with Gasteiger partial charge in [-0.25, -0.2) is 13.8 Å². The first kappa shape index (κ1) is 19.1. The van der Waals surface area contributed by atoms with Gasteiger partial charge >= 0.3 is 0 Å². The van der Waals surface area contributed by atoms with Crippen molar-refractivity contribution in [2.45, 2.75) is 50.7 Å². The highest BCUT2D eigenvalue weighted by atomic mass is 35.5. The standard InChI is InChI=1S/C20H20ClF2N3O2/c21-14-10-15-19(26-20(24-15)28-13-4-2-1-3-5-13)25-16(14)11-6-8-12(9-7-11)17(27)18(22)23/h6-10,13,17-18,27H,1-5H2,(H,24,25,26). The quantitative estimate of drug-likeness (QED) is 0.603. The summed E-state index contributed by atoms with van der Waals surface area (Å²) in [6.07, 6.45) is 1.13. The Morgan fingerprint density at radius 3 is 2.50 bits per heavy atom. The van der Waals surface area contributed by atoms with Crippen LogP contribution in [-0.4, -0.2) is 32.6 Å². The van der Waals surface area contributed by atoms with Crippen molar-refractivity contribution in [2.24, 2.45) is 0 Å². The molecule has 0 spiro atoms. The topological polar surface area (TPSA) is 71.0 Å². The fourth-order valence-corrected chi connectivity index (χ4v) is 3.73. The van der Waals surface area contributed by atoms with Gasteiger partial charge in [0.2, 0.25) is 0 Å². The molecule has 0 radical (unpaired) electrons. The molecule has 1 saturated carbocycles. The number of alkyl halides is 2. The monoisotopic (exact) mass is 407 g/mol. The number of fused-ring (bicyclic) bond motifs is 1. The zero-order chi connectivity index (χ0) is 19.7. The minimum absolute atomic E-state index is 0.139. The highest BCUT2D eigenvalue weighted by Gasteiger charge is 2.20. The number of rotatable bonds is 5. The summed E-state index contributed by atoms with van der Waals surface area (Å²) in [6.45, 7) is 0. The van der Waals surface area contributed by atoms with Crippen LogP contribution in [0.25, 0.3) is 22.4 Å². The van der Waals surface area contributed by atoms with Crippen LogP contribution in [0.4, 0.5) is 8.78 Å². The number of nitrogens with one attached hydrogen (secondary N) is 1. The van der Waals surface area contributed by atoms with Gasteiger partial charge in [0, 0.05) is 5.56 Å². The molecule has 2 aromatic heterocycles. The molecule has 28 heavy (non-hydrogen) atoms. The van der Waals surface area contributed by atoms with E-state index in [-0.39, 0.29) is 11.7 Å². The molecule has 2 N–H and O–H groups in total. The summed E-state index contributed by atoms with van der Waals surface area (Å²) in [7, 11) is 0. The maximum Gasteiger partial charge on any atom is 0.296 e. The van der Waals surface area contributed by atoms with E-state index in [0.29, 0.717) is 33.5 Å². The summed E-state index contributed by atoms with van der Waals surface area (Å²) in [5, 5.41) is 9.87. The van der Waals surface area contributed by atoms with Crippen molar-refractivity contribution in [3.63, 3.8) is 0 Å². The zero-order valence-electron chi connectivity index (χ0n) is 15.0. The van der Waals surface area contributed by atoms with Gasteiger partial charge in [0.15, 0.2) is 5.65 Å². The first-order valence-corrected chi connectivity index (χ1v) is 9.68. The average Bonchev–Trinajstić information content (AvgIpc) is 3.08. The van der Waals surface area contributed by atoms with E-state index in [1.54, 1.807) is 18.2 Å². The van der Waals surface area contributed by atoms with Crippen molar-refractivity contribution in [2.75, 3.05) is 0 Å². The van der Waals surface area contributed by atoms with Gasteiger partial charge in [0.1, 0.15) is 17.7 Å². The first-order valence-electron chi connectivity index (χ1n) is 9.31. The van der Waals surface area contributed by atoms with Crippen LogP contribution < -0.4 is 4.74 Å². The molecule has 0 saturated heterocycles. The van der Waals surface area contributed by atoms with E-state index >= 15 is 0 Å². The first-order chi connectivity index (χ1) is 13.5. The van der Waals surface area contributed by atoms with Crippen molar-refractivity contribution in [3.05, 3.63) is 40.9 Å². The van der Waals surface area contributed by atoms with E-state index in [0.717, 1.165) is 25.7 Å². The van der Waals surface area contributed by atoms with E-state index in [2.05, 4.69) is 15.0 Å². The normalized spacial score (nSPS) is 16.6. The Morgan fingerprint density at radius 2 is 1.82 bits per heavy atom. The summed E-state index contributed by atoms with van der Waals surface area (Å²) in [5.74, 6) is 0. The number of aromatic nitrogens is 3. The lowest BCUT2D eigenvalue weighted by atomic mass is 9.98. The number of aliphatic hydroxyl groups excluding tert-OH is 1. The van der Waals surface area contributed by atoms with Gasteiger partial charge in [-0.3, -0.25) is 4.98 Å². The van der Waals surface area contributed by atoms with Crippen molar-refractivity contribution in [1.82, 2.24) is 15.0 Å². The molecule has 1 atom stereocenters. The smallest absolute Gasteiger partial charge is 0.296 e. The van der Waals surface area contributed by atoms with Crippen molar-refractivity contribution in [1.29, 1.82) is 0 Å². The van der Waals surface area contributed by atoms with E-state index in [1.165, 1.54) is 18.6 Å². The Labute approximate surface area is 165 Å². The average molecular weight is 408 g/mol. The Kier molecular flexibility index (Phi) is 5.46. The van der Waals surface area contributed by atoms with Gasteiger partial charge in [0.25, 0.3) is 12.4 Å². The maximum absolute atomic E-state index is 12.6. The van der Waals surface area contributed by atoms with E-state index in [4.69, 9.17) is 16.3 Å². The van der Waals surface area contributed by atoms with Crippen molar-refractivity contribution < 1.29 is 18.6 Å². The molecule has 1 fully saturated rings. The molecule has 1 aliphatic carbocycles. The SMILES string of the molecule is OC(c1ccc(-c2nc3[nH]c(OC4CCCCC4)nc3cc2Cl)cc1)C(F)F. The molecule has 5 nitrogen and oxygen atoms in total. The number of halogens is 3. The molecular weight excluding hydrogens is 388 g/mol. The Bertz CT molecular complexity index is 956. The molecule has 0 amide bonds. The molecule has 1 aromatic carbocycles. The van der Waals surface area contributed by atoms with Crippen LogP contribution in [0.3, 0.4) is 0 Å². The predicted molar refractivity (Wildman–Crippen MR) is 103 cm³/mol. The molecule has 0 bridgehead atoms. The van der Waals surface area contributed by atoms with Crippen molar-refractivity contribution >= 4 is 22.8 Å². The summed E-state index contributed by atoms with van der Waals surface area (Å²) in [4.78, 5) is 12.0. The molecule has 1 unspecified atom stereocenters. The molecule has 8 heteroatoms. The number of aliphatic hydroxyl groups is 1. The second-order valence-corrected chi connectivity index (χ2v) is 7.41. The molecule has 1 aliphatic rings. The second-order valence-electron chi connectivity index (χ2n) is 7.01. The van der Waals surface area contributed by atoms with E-state index in [9.17, 15) is 13.9 Å². The van der Waals surface area contributed by atoms with Crippen LogP contribution in [0.1, 0.15) is 43.8 Å². The minimum atomic E-state index is -2.84. The van der Waals surface area contributed by atoms with Crippen LogP contribution in [-0.2, 0) is 0 Å². The number of imidazole rings is 1. The van der Waals surface area contributed by atoms with Crippen molar-refractivity contribution in [3.8, 4) is 17.3 Å². The summed E-state index contributed by atoms with van der Waals surface area (Å²) in [5.41, 5.74) is 2.44. The molecule has 0 aliphatic heterocycles. The van der Waals surface area contributed by atoms with E-state index < -0.39 is 12.5 Å². The lowest BCUT2D eigenvalue weighted by Crippen LogP contribution is -2.20.